The molecule has 6 heteroatoms. The van der Waals surface area contributed by atoms with Crippen LogP contribution in [0.2, 0.25) is 0 Å². The maximum absolute atomic E-state index is 12.9. The van der Waals surface area contributed by atoms with Gasteiger partial charge in [-0.3, -0.25) is 0 Å². The molecule has 3 rings (SSSR count). The molecule has 2 aromatic heterocycles. The summed E-state index contributed by atoms with van der Waals surface area (Å²) < 4.78 is 14.7. The Kier molecular flexibility index (Phi) is 3.04. The zero-order valence-corrected chi connectivity index (χ0v) is 11.2. The van der Waals surface area contributed by atoms with E-state index in [2.05, 4.69) is 10.1 Å². The molecule has 0 radical (unpaired) electrons. The Morgan fingerprint density at radius 3 is 2.79 bits per heavy atom. The van der Waals surface area contributed by atoms with Crippen LogP contribution in [0.4, 0.5) is 4.39 Å². The zero-order valence-electron chi connectivity index (χ0n) is 10.4. The highest BCUT2D eigenvalue weighted by Gasteiger charge is 2.12. The molecule has 3 aromatic rings. The summed E-state index contributed by atoms with van der Waals surface area (Å²) in [7, 11) is 0. The second kappa shape index (κ2) is 4.71. The van der Waals surface area contributed by atoms with Gasteiger partial charge in [-0.25, -0.2) is 8.91 Å². The summed E-state index contributed by atoms with van der Waals surface area (Å²) in [6, 6.07) is 6.26. The maximum atomic E-state index is 12.9. The number of thiazole rings is 1. The Hall–Kier alpha value is -1.79. The molecule has 98 valence electrons. The molecule has 2 heterocycles. The van der Waals surface area contributed by atoms with E-state index in [4.69, 9.17) is 5.73 Å². The van der Waals surface area contributed by atoms with Crippen LogP contribution in [0.1, 0.15) is 12.6 Å². The topological polar surface area (TPSA) is 56.2 Å². The predicted octanol–water partition coefficient (Wildman–Crippen LogP) is 2.49. The van der Waals surface area contributed by atoms with Gasteiger partial charge in [0.2, 0.25) is 4.96 Å². The lowest BCUT2D eigenvalue weighted by atomic mass is 10.2. The van der Waals surface area contributed by atoms with Crippen molar-refractivity contribution in [3.63, 3.8) is 0 Å². The molecule has 0 fully saturated rings. The van der Waals surface area contributed by atoms with Crippen molar-refractivity contribution in [2.24, 2.45) is 5.73 Å². The normalized spacial score (nSPS) is 13.0. The van der Waals surface area contributed by atoms with Gasteiger partial charge in [0.25, 0.3) is 0 Å². The Morgan fingerprint density at radius 1 is 1.37 bits per heavy atom. The highest BCUT2D eigenvalue weighted by molar-refractivity contribution is 7.15. The first-order valence-electron chi connectivity index (χ1n) is 5.98. The first kappa shape index (κ1) is 12.3. The Bertz CT molecular complexity index is 699. The lowest BCUT2D eigenvalue weighted by Gasteiger charge is -2.01. The maximum Gasteiger partial charge on any atom is 0.212 e. The van der Waals surface area contributed by atoms with Gasteiger partial charge in [-0.1, -0.05) is 0 Å². The SMILES string of the molecule is CC(N)Cc1csc2nc(-c3ccc(F)cc3)nn12. The molecule has 1 atom stereocenters. The van der Waals surface area contributed by atoms with E-state index < -0.39 is 0 Å². The fourth-order valence-corrected chi connectivity index (χ4v) is 2.75. The highest BCUT2D eigenvalue weighted by Crippen LogP contribution is 2.21. The molecule has 0 saturated carbocycles. The van der Waals surface area contributed by atoms with Crippen LogP contribution in [-0.4, -0.2) is 20.6 Å². The molecule has 0 aliphatic rings. The molecule has 1 aromatic carbocycles. The molecule has 4 nitrogen and oxygen atoms in total. The molecule has 0 aliphatic heterocycles. The third-order valence-electron chi connectivity index (χ3n) is 2.78. The third kappa shape index (κ3) is 2.36. The number of hydrogen-bond donors (Lipinski definition) is 1. The van der Waals surface area contributed by atoms with Crippen LogP contribution in [0.15, 0.2) is 29.6 Å². The summed E-state index contributed by atoms with van der Waals surface area (Å²) in [5.74, 6) is 0.347. The first-order valence-corrected chi connectivity index (χ1v) is 6.86. The molecule has 0 aliphatic carbocycles. The fourth-order valence-electron chi connectivity index (χ4n) is 1.92. The van der Waals surface area contributed by atoms with Gasteiger partial charge in [0.05, 0.1) is 5.69 Å². The number of rotatable bonds is 3. The van der Waals surface area contributed by atoms with Crippen molar-refractivity contribution in [2.45, 2.75) is 19.4 Å². The second-order valence-corrected chi connectivity index (χ2v) is 5.38. The Labute approximate surface area is 113 Å². The average molecular weight is 276 g/mol. The molecule has 0 saturated heterocycles. The van der Waals surface area contributed by atoms with Crippen LogP contribution in [0.3, 0.4) is 0 Å². The zero-order chi connectivity index (χ0) is 13.4. The van der Waals surface area contributed by atoms with E-state index in [9.17, 15) is 4.39 Å². The number of nitrogens with two attached hydrogens (primary N) is 1. The molecule has 0 bridgehead atoms. The highest BCUT2D eigenvalue weighted by atomic mass is 32.1. The van der Waals surface area contributed by atoms with E-state index in [0.717, 1.165) is 22.6 Å². The van der Waals surface area contributed by atoms with Gasteiger partial charge in [0.1, 0.15) is 5.82 Å². The standard InChI is InChI=1S/C13H13FN4S/c1-8(15)6-11-7-19-13-16-12(17-18(11)13)9-2-4-10(14)5-3-9/h2-5,7-8H,6,15H2,1H3. The summed E-state index contributed by atoms with van der Waals surface area (Å²) in [6.07, 6.45) is 0.756. The number of fused-ring (bicyclic) bond motifs is 1. The quantitative estimate of drug-likeness (QED) is 0.799. The smallest absolute Gasteiger partial charge is 0.212 e. The van der Waals surface area contributed by atoms with E-state index >= 15 is 0 Å². The minimum atomic E-state index is -0.262. The molecule has 0 spiro atoms. The largest absolute Gasteiger partial charge is 0.328 e. The van der Waals surface area contributed by atoms with Crippen molar-refractivity contribution in [3.05, 3.63) is 41.2 Å². The number of nitrogens with zero attached hydrogens (tertiary/aromatic N) is 3. The van der Waals surface area contributed by atoms with E-state index in [1.165, 1.54) is 23.5 Å². The summed E-state index contributed by atoms with van der Waals surface area (Å²) in [6.45, 7) is 1.96. The van der Waals surface area contributed by atoms with Crippen LogP contribution in [0, 0.1) is 5.82 Å². The molecule has 19 heavy (non-hydrogen) atoms. The van der Waals surface area contributed by atoms with Crippen molar-refractivity contribution >= 4 is 16.3 Å². The van der Waals surface area contributed by atoms with Gasteiger partial charge in [-0.15, -0.1) is 16.4 Å². The number of halogens is 1. The van der Waals surface area contributed by atoms with E-state index in [0.29, 0.717) is 5.82 Å². The number of aromatic nitrogens is 3. The van der Waals surface area contributed by atoms with Gasteiger partial charge in [0, 0.05) is 23.4 Å². The third-order valence-corrected chi connectivity index (χ3v) is 3.65. The molecule has 0 amide bonds. The van der Waals surface area contributed by atoms with Crippen molar-refractivity contribution in [3.8, 4) is 11.4 Å². The second-order valence-electron chi connectivity index (χ2n) is 4.55. The van der Waals surface area contributed by atoms with Crippen molar-refractivity contribution in [2.75, 3.05) is 0 Å². The van der Waals surface area contributed by atoms with Gasteiger partial charge < -0.3 is 5.73 Å². The molecule has 2 N–H and O–H groups in total. The van der Waals surface area contributed by atoms with Gasteiger partial charge in [0.15, 0.2) is 5.82 Å². The monoisotopic (exact) mass is 276 g/mol. The minimum absolute atomic E-state index is 0.0799. The number of benzene rings is 1. The summed E-state index contributed by atoms with van der Waals surface area (Å²) in [5.41, 5.74) is 7.67. The first-order chi connectivity index (χ1) is 9.13. The van der Waals surface area contributed by atoms with Crippen LogP contribution in [0.5, 0.6) is 0 Å². The summed E-state index contributed by atoms with van der Waals surface area (Å²) in [4.78, 5) is 5.28. The molecular weight excluding hydrogens is 263 g/mol. The molecule has 1 unspecified atom stereocenters. The van der Waals surface area contributed by atoms with E-state index in [1.54, 1.807) is 12.1 Å². The van der Waals surface area contributed by atoms with Crippen LogP contribution in [0.25, 0.3) is 16.3 Å². The van der Waals surface area contributed by atoms with Gasteiger partial charge in [-0.05, 0) is 31.2 Å². The summed E-state index contributed by atoms with van der Waals surface area (Å²) in [5, 5.41) is 6.48. The minimum Gasteiger partial charge on any atom is -0.328 e. The Balaban J connectivity index is 2.02. The molecular formula is C13H13FN4S. The van der Waals surface area contributed by atoms with E-state index in [1.807, 2.05) is 16.8 Å². The van der Waals surface area contributed by atoms with Crippen LogP contribution in [-0.2, 0) is 6.42 Å². The van der Waals surface area contributed by atoms with Crippen molar-refractivity contribution < 1.29 is 4.39 Å². The summed E-state index contributed by atoms with van der Waals surface area (Å²) >= 11 is 1.53. The Morgan fingerprint density at radius 2 is 2.11 bits per heavy atom. The fraction of sp³-hybridized carbons (Fsp3) is 0.231. The van der Waals surface area contributed by atoms with E-state index in [-0.39, 0.29) is 11.9 Å². The van der Waals surface area contributed by atoms with Crippen LogP contribution >= 0.6 is 11.3 Å². The lowest BCUT2D eigenvalue weighted by molar-refractivity contribution is 0.628. The van der Waals surface area contributed by atoms with Gasteiger partial charge >= 0.3 is 0 Å². The average Bonchev–Trinajstić information content (AvgIpc) is 2.92. The number of hydrogen-bond acceptors (Lipinski definition) is 4. The lowest BCUT2D eigenvalue weighted by Crippen LogP contribution is -2.18. The predicted molar refractivity (Wildman–Crippen MR) is 73.6 cm³/mol. The van der Waals surface area contributed by atoms with Crippen molar-refractivity contribution in [1.29, 1.82) is 0 Å². The van der Waals surface area contributed by atoms with Crippen LogP contribution < -0.4 is 5.73 Å². The van der Waals surface area contributed by atoms with Crippen molar-refractivity contribution in [1.82, 2.24) is 14.6 Å². The van der Waals surface area contributed by atoms with Gasteiger partial charge in [-0.2, -0.15) is 4.98 Å².